The van der Waals surface area contributed by atoms with E-state index < -0.39 is 5.60 Å². The summed E-state index contributed by atoms with van der Waals surface area (Å²) in [5.74, 6) is 0.830. The van der Waals surface area contributed by atoms with Crippen LogP contribution in [0.25, 0.3) is 0 Å². The van der Waals surface area contributed by atoms with Gasteiger partial charge in [0.05, 0.1) is 18.4 Å². The predicted molar refractivity (Wildman–Crippen MR) is 91.5 cm³/mol. The van der Waals surface area contributed by atoms with Gasteiger partial charge in [-0.2, -0.15) is 0 Å². The zero-order valence-corrected chi connectivity index (χ0v) is 14.1. The van der Waals surface area contributed by atoms with Crippen molar-refractivity contribution in [3.8, 4) is 5.75 Å². The molecule has 1 atom stereocenters. The standard InChI is InChI=1S/C17H29N3O2/c1-12(17(2,3)21)19-14-7-9-20(10-8-14)15-6-5-13(18)11-16(15)22-4/h5-6,11-12,14,19,21H,7-10,18H2,1-4H3/t12-/m0/s1. The van der Waals surface area contributed by atoms with Crippen LogP contribution in [0.5, 0.6) is 5.75 Å². The summed E-state index contributed by atoms with van der Waals surface area (Å²) in [4.78, 5) is 2.34. The second-order valence-electron chi connectivity index (χ2n) is 6.73. The normalized spacial score (nSPS) is 18.3. The van der Waals surface area contributed by atoms with E-state index in [0.29, 0.717) is 6.04 Å². The third kappa shape index (κ3) is 4.05. The number of nitrogens with one attached hydrogen (secondary N) is 1. The van der Waals surface area contributed by atoms with Gasteiger partial charge in [-0.05, 0) is 45.7 Å². The Labute approximate surface area is 133 Å². The van der Waals surface area contributed by atoms with Gasteiger partial charge in [-0.25, -0.2) is 0 Å². The molecule has 5 heteroatoms. The van der Waals surface area contributed by atoms with Crippen LogP contribution in [-0.2, 0) is 0 Å². The van der Waals surface area contributed by atoms with Crippen LogP contribution in [0, 0.1) is 0 Å². The van der Waals surface area contributed by atoms with Gasteiger partial charge in [-0.3, -0.25) is 0 Å². The fraction of sp³-hybridized carbons (Fsp3) is 0.647. The molecule has 0 amide bonds. The minimum atomic E-state index is -0.697. The van der Waals surface area contributed by atoms with Crippen LogP contribution in [0.4, 0.5) is 11.4 Å². The number of hydrogen-bond donors (Lipinski definition) is 3. The summed E-state index contributed by atoms with van der Waals surface area (Å²) >= 11 is 0. The van der Waals surface area contributed by atoms with Crippen LogP contribution in [-0.4, -0.2) is 43.0 Å². The molecule has 5 nitrogen and oxygen atoms in total. The van der Waals surface area contributed by atoms with E-state index in [4.69, 9.17) is 10.5 Å². The van der Waals surface area contributed by atoms with Crippen molar-refractivity contribution in [1.29, 1.82) is 0 Å². The molecule has 1 heterocycles. The van der Waals surface area contributed by atoms with Gasteiger partial charge >= 0.3 is 0 Å². The number of piperidine rings is 1. The van der Waals surface area contributed by atoms with Gasteiger partial charge in [0.2, 0.25) is 0 Å². The minimum Gasteiger partial charge on any atom is -0.495 e. The van der Waals surface area contributed by atoms with Crippen molar-refractivity contribution in [2.75, 3.05) is 30.8 Å². The van der Waals surface area contributed by atoms with Crippen molar-refractivity contribution in [3.63, 3.8) is 0 Å². The third-order valence-corrected chi connectivity index (χ3v) is 4.58. The number of aliphatic hydroxyl groups is 1. The highest BCUT2D eigenvalue weighted by atomic mass is 16.5. The van der Waals surface area contributed by atoms with Gasteiger partial charge in [0.15, 0.2) is 0 Å². The number of rotatable bonds is 5. The summed E-state index contributed by atoms with van der Waals surface area (Å²) in [6.07, 6.45) is 2.10. The van der Waals surface area contributed by atoms with E-state index in [0.717, 1.165) is 43.1 Å². The summed E-state index contributed by atoms with van der Waals surface area (Å²) in [6.45, 7) is 7.67. The first-order chi connectivity index (χ1) is 10.3. The van der Waals surface area contributed by atoms with E-state index in [9.17, 15) is 5.11 Å². The molecule has 1 fully saturated rings. The average Bonchev–Trinajstić information content (AvgIpc) is 2.47. The predicted octanol–water partition coefficient (Wildman–Crippen LogP) is 2.00. The maximum absolute atomic E-state index is 10.0. The third-order valence-electron chi connectivity index (χ3n) is 4.58. The number of benzene rings is 1. The van der Waals surface area contributed by atoms with E-state index in [1.54, 1.807) is 7.11 Å². The van der Waals surface area contributed by atoms with Crippen LogP contribution in [0.2, 0.25) is 0 Å². The van der Waals surface area contributed by atoms with Crippen LogP contribution in [0.3, 0.4) is 0 Å². The van der Waals surface area contributed by atoms with E-state index in [2.05, 4.69) is 10.2 Å². The largest absolute Gasteiger partial charge is 0.495 e. The number of nitrogens with zero attached hydrogens (tertiary/aromatic N) is 1. The molecule has 1 saturated heterocycles. The number of hydrogen-bond acceptors (Lipinski definition) is 5. The first-order valence-corrected chi connectivity index (χ1v) is 7.98. The molecule has 0 radical (unpaired) electrons. The second-order valence-corrected chi connectivity index (χ2v) is 6.73. The summed E-state index contributed by atoms with van der Waals surface area (Å²) in [6, 6.07) is 6.34. The maximum atomic E-state index is 10.0. The molecule has 1 aromatic rings. The Hall–Kier alpha value is -1.46. The number of nitrogens with two attached hydrogens (primary N) is 1. The lowest BCUT2D eigenvalue weighted by atomic mass is 9.97. The Morgan fingerprint density at radius 1 is 1.36 bits per heavy atom. The molecule has 0 saturated carbocycles. The zero-order chi connectivity index (χ0) is 16.3. The molecule has 0 aromatic heterocycles. The Kier molecular flexibility index (Phi) is 5.19. The fourth-order valence-corrected chi connectivity index (χ4v) is 2.80. The fourth-order valence-electron chi connectivity index (χ4n) is 2.80. The Balaban J connectivity index is 1.95. The lowest BCUT2D eigenvalue weighted by Gasteiger charge is -2.38. The topological polar surface area (TPSA) is 70.8 Å². The molecule has 0 unspecified atom stereocenters. The molecule has 124 valence electrons. The van der Waals surface area contributed by atoms with E-state index in [1.165, 1.54) is 0 Å². The van der Waals surface area contributed by atoms with Gasteiger partial charge in [-0.1, -0.05) is 0 Å². The lowest BCUT2D eigenvalue weighted by molar-refractivity contribution is 0.0385. The first-order valence-electron chi connectivity index (χ1n) is 7.98. The smallest absolute Gasteiger partial charge is 0.144 e. The quantitative estimate of drug-likeness (QED) is 0.726. The molecule has 22 heavy (non-hydrogen) atoms. The molecule has 1 aromatic carbocycles. The van der Waals surface area contributed by atoms with E-state index in [1.807, 2.05) is 39.0 Å². The summed E-state index contributed by atoms with van der Waals surface area (Å²) < 4.78 is 5.45. The Morgan fingerprint density at radius 2 is 2.00 bits per heavy atom. The highest BCUT2D eigenvalue weighted by molar-refractivity contribution is 5.64. The SMILES string of the molecule is COc1cc(N)ccc1N1CCC(N[C@@H](C)C(C)(C)O)CC1. The molecule has 1 aliphatic rings. The zero-order valence-electron chi connectivity index (χ0n) is 14.1. The average molecular weight is 307 g/mol. The van der Waals surface area contributed by atoms with E-state index >= 15 is 0 Å². The van der Waals surface area contributed by atoms with Gasteiger partial charge in [0, 0.05) is 36.9 Å². The van der Waals surface area contributed by atoms with Crippen LogP contribution < -0.4 is 20.7 Å². The highest BCUT2D eigenvalue weighted by Crippen LogP contribution is 2.32. The first kappa shape index (κ1) is 16.9. The maximum Gasteiger partial charge on any atom is 0.144 e. The van der Waals surface area contributed by atoms with Crippen LogP contribution >= 0.6 is 0 Å². The van der Waals surface area contributed by atoms with Crippen molar-refractivity contribution in [3.05, 3.63) is 18.2 Å². The van der Waals surface area contributed by atoms with Crippen molar-refractivity contribution in [2.45, 2.75) is 51.3 Å². The molecular formula is C17H29N3O2. The van der Waals surface area contributed by atoms with Crippen LogP contribution in [0.1, 0.15) is 33.6 Å². The number of nitrogen functional groups attached to an aromatic ring is 1. The van der Waals surface area contributed by atoms with Gasteiger partial charge in [0.1, 0.15) is 5.75 Å². The molecular weight excluding hydrogens is 278 g/mol. The molecule has 0 aliphatic carbocycles. The number of ether oxygens (including phenoxy) is 1. The highest BCUT2D eigenvalue weighted by Gasteiger charge is 2.27. The molecule has 4 N–H and O–H groups in total. The minimum absolute atomic E-state index is 0.0788. The number of anilines is 2. The molecule has 0 spiro atoms. The van der Waals surface area contributed by atoms with Gasteiger partial charge in [-0.15, -0.1) is 0 Å². The van der Waals surface area contributed by atoms with Crippen molar-refractivity contribution in [2.24, 2.45) is 0 Å². The number of methoxy groups -OCH3 is 1. The van der Waals surface area contributed by atoms with Crippen molar-refractivity contribution < 1.29 is 9.84 Å². The summed E-state index contributed by atoms with van der Waals surface area (Å²) in [7, 11) is 1.68. The van der Waals surface area contributed by atoms with Gasteiger partial charge < -0.3 is 25.8 Å². The van der Waals surface area contributed by atoms with Crippen molar-refractivity contribution >= 4 is 11.4 Å². The Bertz CT molecular complexity index is 491. The lowest BCUT2D eigenvalue weighted by Crippen LogP contribution is -2.52. The van der Waals surface area contributed by atoms with E-state index in [-0.39, 0.29) is 6.04 Å². The van der Waals surface area contributed by atoms with Crippen LogP contribution in [0.15, 0.2) is 18.2 Å². The summed E-state index contributed by atoms with van der Waals surface area (Å²) in [5, 5.41) is 13.6. The summed E-state index contributed by atoms with van der Waals surface area (Å²) in [5.41, 5.74) is 6.94. The Morgan fingerprint density at radius 3 is 2.55 bits per heavy atom. The van der Waals surface area contributed by atoms with Crippen molar-refractivity contribution in [1.82, 2.24) is 5.32 Å². The monoisotopic (exact) mass is 307 g/mol. The molecule has 0 bridgehead atoms. The van der Waals surface area contributed by atoms with Gasteiger partial charge in [0.25, 0.3) is 0 Å². The molecule has 2 rings (SSSR count). The molecule has 1 aliphatic heterocycles. The second kappa shape index (κ2) is 6.75.